The normalized spacial score (nSPS) is 24.2. The molecule has 1 aliphatic heterocycles. The van der Waals surface area contributed by atoms with Gasteiger partial charge in [0.2, 0.25) is 5.91 Å². The number of urea groups is 1. The molecule has 0 aromatic carbocycles. The Morgan fingerprint density at radius 3 is 2.82 bits per heavy atom. The monoisotopic (exact) mass is 324 g/mol. The Bertz CT molecular complexity index is 558. The Morgan fingerprint density at radius 1 is 1.32 bits per heavy atom. The first-order valence-corrected chi connectivity index (χ1v) is 8.40. The minimum absolute atomic E-state index is 0.149. The zero-order valence-corrected chi connectivity index (χ0v) is 13.0. The minimum Gasteiger partial charge on any atom is -0.367 e. The van der Waals surface area contributed by atoms with Crippen molar-refractivity contribution < 1.29 is 14.3 Å². The lowest BCUT2D eigenvalue weighted by atomic mass is 10.2. The van der Waals surface area contributed by atoms with Gasteiger partial charge in [-0.2, -0.15) is 0 Å². The van der Waals surface area contributed by atoms with Crippen LogP contribution in [-0.4, -0.2) is 35.7 Å². The molecule has 4 N–H and O–H groups in total. The van der Waals surface area contributed by atoms with E-state index in [0.717, 1.165) is 17.1 Å². The third-order valence-electron chi connectivity index (χ3n) is 3.88. The molecule has 2 fully saturated rings. The number of nitrogens with one attached hydrogen (secondary N) is 2. The lowest BCUT2D eigenvalue weighted by Crippen LogP contribution is -2.40. The molecular formula is C14H20N4O3S. The number of carbonyl (C=O) groups is 2. The highest BCUT2D eigenvalue weighted by atomic mass is 32.1. The van der Waals surface area contributed by atoms with E-state index in [-0.39, 0.29) is 12.1 Å². The quantitative estimate of drug-likeness (QED) is 0.721. The molecule has 0 bridgehead atoms. The molecule has 120 valence electrons. The second-order valence-electron chi connectivity index (χ2n) is 5.73. The number of nitrogens with two attached hydrogens (primary N) is 1. The summed E-state index contributed by atoms with van der Waals surface area (Å²) in [5.41, 5.74) is 6.34. The standard InChI is InChI=1S/C14H20N4O3S/c15-13(19)11-4-3-9(21-11)5-16-14(20)17-6-12-18-10(7-22-12)8-1-2-8/h7-9,11H,1-6H2,(H2,15,19)(H2,16,17,20). The van der Waals surface area contributed by atoms with Crippen molar-refractivity contribution in [3.05, 3.63) is 16.1 Å². The Kier molecular flexibility index (Phi) is 4.58. The molecule has 0 spiro atoms. The number of thiazole rings is 1. The fourth-order valence-electron chi connectivity index (χ4n) is 2.46. The van der Waals surface area contributed by atoms with E-state index in [1.54, 1.807) is 11.3 Å². The van der Waals surface area contributed by atoms with Gasteiger partial charge < -0.3 is 21.1 Å². The first kappa shape index (κ1) is 15.2. The van der Waals surface area contributed by atoms with Gasteiger partial charge >= 0.3 is 6.03 Å². The summed E-state index contributed by atoms with van der Waals surface area (Å²) in [6.07, 6.45) is 3.13. The van der Waals surface area contributed by atoms with Crippen molar-refractivity contribution in [3.63, 3.8) is 0 Å². The summed E-state index contributed by atoms with van der Waals surface area (Å²) in [5, 5.41) is 8.52. The van der Waals surface area contributed by atoms with E-state index in [4.69, 9.17) is 10.5 Å². The van der Waals surface area contributed by atoms with Gasteiger partial charge in [0.1, 0.15) is 11.1 Å². The number of hydrogen-bond donors (Lipinski definition) is 3. The van der Waals surface area contributed by atoms with E-state index in [9.17, 15) is 9.59 Å². The van der Waals surface area contributed by atoms with Gasteiger partial charge in [0.25, 0.3) is 0 Å². The van der Waals surface area contributed by atoms with Gasteiger partial charge in [0.15, 0.2) is 0 Å². The fourth-order valence-corrected chi connectivity index (χ4v) is 3.28. The maximum absolute atomic E-state index is 11.7. The molecule has 3 rings (SSSR count). The van der Waals surface area contributed by atoms with Crippen molar-refractivity contribution in [2.75, 3.05) is 6.54 Å². The van der Waals surface area contributed by atoms with Crippen LogP contribution < -0.4 is 16.4 Å². The van der Waals surface area contributed by atoms with Gasteiger partial charge in [-0.15, -0.1) is 11.3 Å². The minimum atomic E-state index is -0.522. The number of primary amides is 1. The Morgan fingerprint density at radius 2 is 2.14 bits per heavy atom. The molecule has 22 heavy (non-hydrogen) atoms. The summed E-state index contributed by atoms with van der Waals surface area (Å²) in [7, 11) is 0. The predicted molar refractivity (Wildman–Crippen MR) is 81.4 cm³/mol. The smallest absolute Gasteiger partial charge is 0.315 e. The van der Waals surface area contributed by atoms with Crippen molar-refractivity contribution in [1.29, 1.82) is 0 Å². The third-order valence-corrected chi connectivity index (χ3v) is 4.75. The largest absolute Gasteiger partial charge is 0.367 e. The molecule has 7 nitrogen and oxygen atoms in total. The van der Waals surface area contributed by atoms with Crippen LogP contribution >= 0.6 is 11.3 Å². The number of rotatable bonds is 6. The maximum Gasteiger partial charge on any atom is 0.315 e. The van der Waals surface area contributed by atoms with Gasteiger partial charge in [-0.25, -0.2) is 9.78 Å². The Labute approximate surface area is 132 Å². The lowest BCUT2D eigenvalue weighted by molar-refractivity contribution is -0.128. The maximum atomic E-state index is 11.7. The highest BCUT2D eigenvalue weighted by Gasteiger charge is 2.29. The second kappa shape index (κ2) is 6.62. The summed E-state index contributed by atoms with van der Waals surface area (Å²) in [4.78, 5) is 27.3. The van der Waals surface area contributed by atoms with Gasteiger partial charge in [0.05, 0.1) is 18.3 Å². The average Bonchev–Trinajstić information content (AvgIpc) is 3.05. The van der Waals surface area contributed by atoms with Gasteiger partial charge in [0, 0.05) is 17.8 Å². The van der Waals surface area contributed by atoms with Crippen molar-refractivity contribution in [1.82, 2.24) is 15.6 Å². The molecule has 1 saturated carbocycles. The number of hydrogen-bond acceptors (Lipinski definition) is 5. The zero-order chi connectivity index (χ0) is 15.5. The summed E-state index contributed by atoms with van der Waals surface area (Å²) in [5.74, 6) is 0.193. The zero-order valence-electron chi connectivity index (χ0n) is 12.2. The van der Waals surface area contributed by atoms with Gasteiger partial charge in [-0.05, 0) is 25.7 Å². The van der Waals surface area contributed by atoms with E-state index in [1.807, 2.05) is 0 Å². The molecule has 2 atom stereocenters. The van der Waals surface area contributed by atoms with Crippen LogP contribution in [0.25, 0.3) is 0 Å². The molecule has 2 aliphatic rings. The van der Waals surface area contributed by atoms with E-state index >= 15 is 0 Å². The Balaban J connectivity index is 1.35. The molecule has 1 aliphatic carbocycles. The number of ether oxygens (including phenoxy) is 1. The number of nitrogens with zero attached hydrogens (tertiary/aromatic N) is 1. The van der Waals surface area contributed by atoms with Crippen molar-refractivity contribution >= 4 is 23.3 Å². The molecule has 1 aromatic heterocycles. The van der Waals surface area contributed by atoms with E-state index in [0.29, 0.717) is 25.4 Å². The van der Waals surface area contributed by atoms with Crippen LogP contribution in [0.15, 0.2) is 5.38 Å². The van der Waals surface area contributed by atoms with Crippen molar-refractivity contribution in [2.24, 2.45) is 5.73 Å². The molecule has 1 aromatic rings. The topological polar surface area (TPSA) is 106 Å². The van der Waals surface area contributed by atoms with Crippen LogP contribution in [0.1, 0.15) is 42.3 Å². The van der Waals surface area contributed by atoms with E-state index in [1.165, 1.54) is 12.8 Å². The molecule has 2 unspecified atom stereocenters. The van der Waals surface area contributed by atoms with Crippen LogP contribution in [-0.2, 0) is 16.1 Å². The van der Waals surface area contributed by atoms with Gasteiger partial charge in [-0.1, -0.05) is 0 Å². The van der Waals surface area contributed by atoms with Crippen LogP contribution in [0, 0.1) is 0 Å². The second-order valence-corrected chi connectivity index (χ2v) is 6.67. The fraction of sp³-hybridized carbons (Fsp3) is 0.643. The average molecular weight is 324 g/mol. The number of carbonyl (C=O) groups excluding carboxylic acids is 2. The summed E-state index contributed by atoms with van der Waals surface area (Å²) < 4.78 is 5.45. The molecule has 3 amide bonds. The van der Waals surface area contributed by atoms with Crippen molar-refractivity contribution in [3.8, 4) is 0 Å². The molecule has 1 saturated heterocycles. The predicted octanol–water partition coefficient (Wildman–Crippen LogP) is 0.853. The summed E-state index contributed by atoms with van der Waals surface area (Å²) in [6, 6.07) is -0.255. The number of aromatic nitrogens is 1. The summed E-state index contributed by atoms with van der Waals surface area (Å²) in [6.45, 7) is 0.805. The lowest BCUT2D eigenvalue weighted by Gasteiger charge is -2.12. The van der Waals surface area contributed by atoms with Crippen LogP contribution in [0.5, 0.6) is 0 Å². The van der Waals surface area contributed by atoms with Crippen LogP contribution in [0.2, 0.25) is 0 Å². The van der Waals surface area contributed by atoms with E-state index < -0.39 is 12.0 Å². The van der Waals surface area contributed by atoms with Crippen LogP contribution in [0.4, 0.5) is 4.79 Å². The van der Waals surface area contributed by atoms with Crippen molar-refractivity contribution in [2.45, 2.75) is 50.4 Å². The number of amides is 3. The molecular weight excluding hydrogens is 304 g/mol. The van der Waals surface area contributed by atoms with E-state index in [2.05, 4.69) is 21.0 Å². The molecule has 2 heterocycles. The third kappa shape index (κ3) is 3.95. The molecule has 0 radical (unpaired) electrons. The first-order valence-electron chi connectivity index (χ1n) is 7.52. The van der Waals surface area contributed by atoms with Crippen LogP contribution in [0.3, 0.4) is 0 Å². The first-order chi connectivity index (χ1) is 10.6. The SMILES string of the molecule is NC(=O)C1CCC(CNC(=O)NCc2nc(C3CC3)cs2)O1. The molecule has 8 heteroatoms. The summed E-state index contributed by atoms with van der Waals surface area (Å²) >= 11 is 1.58. The Hall–Kier alpha value is -1.67. The highest BCUT2D eigenvalue weighted by molar-refractivity contribution is 7.09. The van der Waals surface area contributed by atoms with Gasteiger partial charge in [-0.3, -0.25) is 4.79 Å². The highest BCUT2D eigenvalue weighted by Crippen LogP contribution is 2.40.